The largest absolute Gasteiger partial charge is 0.493 e. The van der Waals surface area contributed by atoms with Gasteiger partial charge in [0.05, 0.1) is 35.0 Å². The first kappa shape index (κ1) is 27.2. The Morgan fingerprint density at radius 2 is 2.00 bits per heavy atom. The Labute approximate surface area is 218 Å². The number of sulfonamides is 1. The van der Waals surface area contributed by atoms with E-state index in [4.69, 9.17) is 14.9 Å². The smallest absolute Gasteiger partial charge is 0.243 e. The van der Waals surface area contributed by atoms with E-state index in [1.165, 1.54) is 10.5 Å². The van der Waals surface area contributed by atoms with Crippen LogP contribution >= 0.6 is 0 Å². The summed E-state index contributed by atoms with van der Waals surface area (Å²) in [6.45, 7) is 7.38. The summed E-state index contributed by atoms with van der Waals surface area (Å²) < 4.78 is 36.4. The quantitative estimate of drug-likeness (QED) is 0.244. The van der Waals surface area contributed by atoms with Crippen LogP contribution in [-0.4, -0.2) is 66.1 Å². The SMILES string of the molecule is CCCC1N=C(c2cc(S(=O)(=O)N3CCC(CCO)CC3)ccc2OCC)Nn2cc(/C=N/O)c(C)c21. The average Bonchev–Trinajstić information content (AvgIpc) is 3.20. The number of aromatic nitrogens is 1. The fourth-order valence-corrected chi connectivity index (χ4v) is 6.70. The monoisotopic (exact) mass is 531 g/mol. The number of rotatable bonds is 10. The third-order valence-corrected chi connectivity index (χ3v) is 9.08. The van der Waals surface area contributed by atoms with Gasteiger partial charge in [-0.25, -0.2) is 8.42 Å². The highest BCUT2D eigenvalue weighted by Crippen LogP contribution is 2.34. The normalized spacial score (nSPS) is 19.0. The predicted octanol–water partition coefficient (Wildman–Crippen LogP) is 3.63. The Bertz CT molecular complexity index is 1260. The molecule has 37 heavy (non-hydrogen) atoms. The zero-order valence-electron chi connectivity index (χ0n) is 21.7. The Morgan fingerprint density at radius 3 is 2.65 bits per heavy atom. The highest BCUT2D eigenvalue weighted by atomic mass is 32.2. The summed E-state index contributed by atoms with van der Waals surface area (Å²) in [5.74, 6) is 1.42. The van der Waals surface area contributed by atoms with Gasteiger partial charge in [-0.2, -0.15) is 4.31 Å². The summed E-state index contributed by atoms with van der Waals surface area (Å²) in [4.78, 5) is 5.19. The van der Waals surface area contributed by atoms with E-state index in [0.717, 1.165) is 42.5 Å². The van der Waals surface area contributed by atoms with Crippen molar-refractivity contribution in [1.82, 2.24) is 8.98 Å². The molecule has 1 saturated heterocycles. The van der Waals surface area contributed by atoms with Gasteiger partial charge in [0.15, 0.2) is 5.84 Å². The maximum Gasteiger partial charge on any atom is 0.243 e. The van der Waals surface area contributed by atoms with Crippen LogP contribution in [0.5, 0.6) is 5.75 Å². The summed E-state index contributed by atoms with van der Waals surface area (Å²) in [6.07, 6.45) is 7.15. The van der Waals surface area contributed by atoms with Crippen LogP contribution in [0.2, 0.25) is 0 Å². The van der Waals surface area contributed by atoms with Gasteiger partial charge in [0.25, 0.3) is 0 Å². The first-order valence-corrected chi connectivity index (χ1v) is 14.4. The van der Waals surface area contributed by atoms with Crippen LogP contribution in [0.4, 0.5) is 0 Å². The maximum atomic E-state index is 13.6. The Hall–Kier alpha value is -2.89. The van der Waals surface area contributed by atoms with Crippen LogP contribution in [0.1, 0.15) is 74.4 Å². The van der Waals surface area contributed by atoms with Gasteiger partial charge in [0.2, 0.25) is 10.0 Å². The molecule has 1 unspecified atom stereocenters. The number of amidine groups is 1. The van der Waals surface area contributed by atoms with Crippen molar-refractivity contribution in [2.45, 2.75) is 63.8 Å². The summed E-state index contributed by atoms with van der Waals surface area (Å²) in [5, 5.41) is 21.5. The number of oxime groups is 1. The molecule has 10 nitrogen and oxygen atoms in total. The van der Waals surface area contributed by atoms with E-state index in [0.29, 0.717) is 49.2 Å². The number of benzene rings is 1. The molecule has 0 spiro atoms. The third kappa shape index (κ3) is 5.53. The first-order valence-electron chi connectivity index (χ1n) is 13.0. The van der Waals surface area contributed by atoms with Gasteiger partial charge in [-0.1, -0.05) is 18.5 Å². The van der Waals surface area contributed by atoms with Crippen LogP contribution in [-0.2, 0) is 10.0 Å². The van der Waals surface area contributed by atoms with Gasteiger partial charge >= 0.3 is 0 Å². The lowest BCUT2D eigenvalue weighted by Crippen LogP contribution is -2.38. The molecule has 0 radical (unpaired) electrons. The molecule has 1 fully saturated rings. The van der Waals surface area contributed by atoms with Crippen molar-refractivity contribution in [3.8, 4) is 5.75 Å². The predicted molar refractivity (Wildman–Crippen MR) is 143 cm³/mol. The van der Waals surface area contributed by atoms with Gasteiger partial charge in [-0.15, -0.1) is 0 Å². The second kappa shape index (κ2) is 11.7. The van der Waals surface area contributed by atoms with Crippen LogP contribution in [0, 0.1) is 12.8 Å². The number of aliphatic imine (C=N–C) groups is 1. The highest BCUT2D eigenvalue weighted by Gasteiger charge is 2.32. The molecule has 0 amide bonds. The van der Waals surface area contributed by atoms with E-state index in [1.807, 2.05) is 24.7 Å². The molecule has 2 aliphatic heterocycles. The molecular formula is C26H37N5O5S. The van der Waals surface area contributed by atoms with E-state index >= 15 is 0 Å². The molecule has 2 aromatic rings. The molecule has 3 heterocycles. The van der Waals surface area contributed by atoms with Crippen molar-refractivity contribution < 1.29 is 23.5 Å². The number of aliphatic hydroxyl groups is 1. The molecule has 4 rings (SSSR count). The molecule has 3 N–H and O–H groups in total. The van der Waals surface area contributed by atoms with Gasteiger partial charge in [0.1, 0.15) is 5.75 Å². The fraction of sp³-hybridized carbons (Fsp3) is 0.538. The summed E-state index contributed by atoms with van der Waals surface area (Å²) in [6, 6.07) is 4.79. The minimum absolute atomic E-state index is 0.130. The van der Waals surface area contributed by atoms with Crippen molar-refractivity contribution in [2.75, 3.05) is 31.7 Å². The molecule has 1 atom stereocenters. The minimum atomic E-state index is -3.71. The zero-order valence-corrected chi connectivity index (χ0v) is 22.5. The lowest BCUT2D eigenvalue weighted by Gasteiger charge is -2.31. The summed E-state index contributed by atoms with van der Waals surface area (Å²) in [7, 11) is -3.71. The number of hydrogen-bond acceptors (Lipinski definition) is 8. The van der Waals surface area contributed by atoms with Crippen molar-refractivity contribution >= 4 is 22.1 Å². The van der Waals surface area contributed by atoms with Crippen molar-refractivity contribution in [1.29, 1.82) is 0 Å². The Morgan fingerprint density at radius 1 is 1.24 bits per heavy atom. The standard InChI is InChI=1S/C26H37N5O5S/c1-4-6-23-25-18(3)20(16-27-33)17-31(25)29-26(28-23)22-15-21(7-8-24(22)36-5-2)37(34,35)30-12-9-19(10-13-30)11-14-32/h7-8,15-17,19,23,32-33H,4-6,9-14H2,1-3H3,(H,28,29)/b27-16+. The van der Waals surface area contributed by atoms with Crippen molar-refractivity contribution in [3.05, 3.63) is 46.8 Å². The summed E-state index contributed by atoms with van der Waals surface area (Å²) >= 11 is 0. The molecule has 202 valence electrons. The van der Waals surface area contributed by atoms with E-state index in [2.05, 4.69) is 17.5 Å². The Kier molecular flexibility index (Phi) is 8.56. The lowest BCUT2D eigenvalue weighted by atomic mass is 9.95. The molecule has 11 heteroatoms. The van der Waals surface area contributed by atoms with Crippen LogP contribution in [0.25, 0.3) is 0 Å². The van der Waals surface area contributed by atoms with Crippen LogP contribution in [0.15, 0.2) is 39.4 Å². The van der Waals surface area contributed by atoms with Gasteiger partial charge in [-0.3, -0.25) is 15.1 Å². The minimum Gasteiger partial charge on any atom is -0.493 e. The van der Waals surface area contributed by atoms with Gasteiger partial charge in [0, 0.05) is 31.5 Å². The van der Waals surface area contributed by atoms with E-state index in [9.17, 15) is 13.5 Å². The van der Waals surface area contributed by atoms with E-state index in [1.54, 1.807) is 18.2 Å². The van der Waals surface area contributed by atoms with Crippen molar-refractivity contribution in [2.24, 2.45) is 16.1 Å². The fourth-order valence-electron chi connectivity index (χ4n) is 5.20. The molecule has 2 aliphatic rings. The topological polar surface area (TPSA) is 129 Å². The third-order valence-electron chi connectivity index (χ3n) is 7.19. The average molecular weight is 532 g/mol. The molecule has 0 saturated carbocycles. The lowest BCUT2D eigenvalue weighted by molar-refractivity contribution is 0.208. The molecule has 1 aromatic heterocycles. The zero-order chi connectivity index (χ0) is 26.6. The molecule has 0 aliphatic carbocycles. The number of nitrogens with one attached hydrogen (secondary N) is 1. The van der Waals surface area contributed by atoms with E-state index in [-0.39, 0.29) is 17.5 Å². The van der Waals surface area contributed by atoms with Crippen molar-refractivity contribution in [3.63, 3.8) is 0 Å². The Balaban J connectivity index is 1.71. The molecule has 1 aromatic carbocycles. The number of nitrogens with zero attached hydrogens (tertiary/aromatic N) is 4. The maximum absolute atomic E-state index is 13.6. The molecule has 0 bridgehead atoms. The molecular weight excluding hydrogens is 494 g/mol. The number of aliphatic hydroxyl groups excluding tert-OH is 1. The van der Waals surface area contributed by atoms with Gasteiger partial charge < -0.3 is 15.1 Å². The van der Waals surface area contributed by atoms with E-state index < -0.39 is 10.0 Å². The van der Waals surface area contributed by atoms with Crippen LogP contribution < -0.4 is 10.2 Å². The number of hydrogen-bond donors (Lipinski definition) is 3. The highest BCUT2D eigenvalue weighted by molar-refractivity contribution is 7.89. The number of fused-ring (bicyclic) bond motifs is 1. The second-order valence-electron chi connectivity index (χ2n) is 9.55. The number of ether oxygens (including phenoxy) is 1. The first-order chi connectivity index (χ1) is 17.8. The second-order valence-corrected chi connectivity index (χ2v) is 11.5. The summed E-state index contributed by atoms with van der Waals surface area (Å²) in [5.41, 5.74) is 6.61. The van der Waals surface area contributed by atoms with Crippen LogP contribution in [0.3, 0.4) is 0 Å². The number of piperidine rings is 1. The van der Waals surface area contributed by atoms with Gasteiger partial charge in [-0.05, 0) is 69.2 Å².